The van der Waals surface area contributed by atoms with E-state index in [1.54, 1.807) is 30.3 Å². The highest BCUT2D eigenvalue weighted by atomic mass is 35.5. The number of hydrogen-bond donors (Lipinski definition) is 2. The van der Waals surface area contributed by atoms with Gasteiger partial charge in [0.2, 0.25) is 15.9 Å². The molecule has 0 heterocycles. The number of halogens is 1. The van der Waals surface area contributed by atoms with E-state index in [0.29, 0.717) is 10.7 Å². The monoisotopic (exact) mass is 378 g/mol. The molecule has 0 atom stereocenters. The molecule has 0 spiro atoms. The fraction of sp³-hybridized carbons (Fsp3) is 0.167. The third kappa shape index (κ3) is 6.70. The van der Waals surface area contributed by atoms with Gasteiger partial charge >= 0.3 is 0 Å². The third-order valence-electron chi connectivity index (χ3n) is 3.37. The van der Waals surface area contributed by atoms with E-state index in [-0.39, 0.29) is 18.9 Å². The minimum absolute atomic E-state index is 0.00685. The Kier molecular flexibility index (Phi) is 6.75. The average Bonchev–Trinajstić information content (AvgIpc) is 2.57. The maximum atomic E-state index is 11.9. The molecule has 7 heteroatoms. The Morgan fingerprint density at radius 3 is 2.60 bits per heavy atom. The quantitative estimate of drug-likeness (QED) is 0.773. The van der Waals surface area contributed by atoms with Gasteiger partial charge in [-0.1, -0.05) is 48.0 Å². The molecule has 0 saturated heterocycles. The van der Waals surface area contributed by atoms with Gasteiger partial charge in [-0.25, -0.2) is 13.1 Å². The number of hydrogen-bond acceptors (Lipinski definition) is 3. The van der Waals surface area contributed by atoms with Crippen LogP contribution in [0.3, 0.4) is 0 Å². The molecule has 2 N–H and O–H groups in total. The van der Waals surface area contributed by atoms with Crippen molar-refractivity contribution in [3.8, 4) is 0 Å². The van der Waals surface area contributed by atoms with Crippen molar-refractivity contribution in [1.82, 2.24) is 4.72 Å². The molecule has 0 aliphatic carbocycles. The lowest BCUT2D eigenvalue weighted by molar-refractivity contribution is -0.116. The summed E-state index contributed by atoms with van der Waals surface area (Å²) >= 11 is 5.90. The van der Waals surface area contributed by atoms with Crippen LogP contribution in [0.4, 0.5) is 5.69 Å². The highest BCUT2D eigenvalue weighted by molar-refractivity contribution is 7.92. The number of anilines is 1. The number of amides is 1. The normalized spacial score (nSPS) is 11.6. The van der Waals surface area contributed by atoms with E-state index in [4.69, 9.17) is 11.6 Å². The molecule has 0 fully saturated rings. The van der Waals surface area contributed by atoms with Crippen LogP contribution in [0.5, 0.6) is 0 Å². The van der Waals surface area contributed by atoms with Gasteiger partial charge in [0, 0.05) is 29.1 Å². The summed E-state index contributed by atoms with van der Waals surface area (Å²) in [5.41, 5.74) is 2.27. The first-order valence-corrected chi connectivity index (χ1v) is 9.57. The minimum atomic E-state index is -3.59. The standard InChI is InChI=1S/C18H19ClN2O3S/c1-14-7-8-16(19)13-17(14)21-18(22)9-11-20-25(23,24)12-10-15-5-3-2-4-6-15/h2-8,10,12-13,20H,9,11H2,1H3,(H,21,22)/b12-10+. The van der Waals surface area contributed by atoms with Crippen molar-refractivity contribution >= 4 is 39.3 Å². The number of rotatable bonds is 7. The summed E-state index contributed by atoms with van der Waals surface area (Å²) in [7, 11) is -3.59. The van der Waals surface area contributed by atoms with Gasteiger partial charge < -0.3 is 5.32 Å². The maximum absolute atomic E-state index is 11.9. The molecule has 0 aliphatic heterocycles. The Bertz CT molecular complexity index is 865. The maximum Gasteiger partial charge on any atom is 0.233 e. The molecule has 0 bridgehead atoms. The summed E-state index contributed by atoms with van der Waals surface area (Å²) in [4.78, 5) is 11.9. The van der Waals surface area contributed by atoms with Crippen molar-refractivity contribution in [2.24, 2.45) is 0 Å². The third-order valence-corrected chi connectivity index (χ3v) is 4.70. The predicted octanol–water partition coefficient (Wildman–Crippen LogP) is 3.57. The minimum Gasteiger partial charge on any atom is -0.326 e. The van der Waals surface area contributed by atoms with Crippen LogP contribution in [0, 0.1) is 6.92 Å². The largest absolute Gasteiger partial charge is 0.326 e. The van der Waals surface area contributed by atoms with Crippen LogP contribution in [0.15, 0.2) is 53.9 Å². The molecule has 0 aliphatic rings. The fourth-order valence-electron chi connectivity index (χ4n) is 2.03. The van der Waals surface area contributed by atoms with E-state index in [1.165, 1.54) is 6.08 Å². The van der Waals surface area contributed by atoms with E-state index in [9.17, 15) is 13.2 Å². The van der Waals surface area contributed by atoms with Crippen LogP contribution in [-0.2, 0) is 14.8 Å². The van der Waals surface area contributed by atoms with Crippen LogP contribution < -0.4 is 10.0 Å². The highest BCUT2D eigenvalue weighted by Crippen LogP contribution is 2.20. The Balaban J connectivity index is 1.84. The molecule has 0 saturated carbocycles. The average molecular weight is 379 g/mol. The molecular weight excluding hydrogens is 360 g/mol. The van der Waals surface area contributed by atoms with Gasteiger partial charge in [-0.2, -0.15) is 0 Å². The molecule has 2 rings (SSSR count). The van der Waals surface area contributed by atoms with Gasteiger partial charge in [0.25, 0.3) is 0 Å². The second-order valence-electron chi connectivity index (χ2n) is 5.41. The summed E-state index contributed by atoms with van der Waals surface area (Å²) in [5.74, 6) is -0.292. The number of carbonyl (C=O) groups is 1. The summed E-state index contributed by atoms with van der Waals surface area (Å²) in [6, 6.07) is 14.3. The zero-order valence-electron chi connectivity index (χ0n) is 13.7. The Labute approximate surface area is 152 Å². The Morgan fingerprint density at radius 2 is 1.88 bits per heavy atom. The first-order chi connectivity index (χ1) is 11.9. The lowest BCUT2D eigenvalue weighted by atomic mass is 10.2. The van der Waals surface area contributed by atoms with Gasteiger partial charge in [0.1, 0.15) is 0 Å². The molecular formula is C18H19ClN2O3S. The van der Waals surface area contributed by atoms with Crippen LogP contribution in [0.1, 0.15) is 17.5 Å². The number of benzene rings is 2. The van der Waals surface area contributed by atoms with Gasteiger partial charge in [-0.15, -0.1) is 0 Å². The Hall–Kier alpha value is -2.15. The van der Waals surface area contributed by atoms with E-state index in [1.807, 2.05) is 25.1 Å². The van der Waals surface area contributed by atoms with Gasteiger partial charge in [-0.05, 0) is 36.3 Å². The topological polar surface area (TPSA) is 75.3 Å². The number of nitrogens with one attached hydrogen (secondary N) is 2. The first kappa shape index (κ1) is 19.2. The van der Waals surface area contributed by atoms with E-state index >= 15 is 0 Å². The fourth-order valence-corrected chi connectivity index (χ4v) is 3.02. The lowest BCUT2D eigenvalue weighted by Crippen LogP contribution is -2.26. The van der Waals surface area contributed by atoms with Crippen LogP contribution in [-0.4, -0.2) is 20.9 Å². The van der Waals surface area contributed by atoms with E-state index < -0.39 is 10.0 Å². The molecule has 0 unspecified atom stereocenters. The summed E-state index contributed by atoms with van der Waals surface area (Å²) in [6.45, 7) is 1.86. The van der Waals surface area contributed by atoms with Crippen LogP contribution in [0.25, 0.3) is 6.08 Å². The zero-order valence-corrected chi connectivity index (χ0v) is 15.3. The van der Waals surface area contributed by atoms with Gasteiger partial charge in [0.05, 0.1) is 0 Å². The summed E-state index contributed by atoms with van der Waals surface area (Å²) in [5, 5.41) is 4.32. The zero-order chi connectivity index (χ0) is 18.3. The SMILES string of the molecule is Cc1ccc(Cl)cc1NC(=O)CCNS(=O)(=O)/C=C/c1ccccc1. The lowest BCUT2D eigenvalue weighted by Gasteiger charge is -2.09. The molecule has 0 radical (unpaired) electrons. The molecule has 25 heavy (non-hydrogen) atoms. The number of sulfonamides is 1. The first-order valence-electron chi connectivity index (χ1n) is 7.64. The smallest absolute Gasteiger partial charge is 0.233 e. The predicted molar refractivity (Wildman–Crippen MR) is 102 cm³/mol. The molecule has 132 valence electrons. The van der Waals surface area contributed by atoms with E-state index in [0.717, 1.165) is 16.5 Å². The molecule has 2 aromatic rings. The number of aryl methyl sites for hydroxylation is 1. The number of carbonyl (C=O) groups excluding carboxylic acids is 1. The van der Waals surface area contributed by atoms with Crippen molar-refractivity contribution in [3.05, 3.63) is 70.1 Å². The van der Waals surface area contributed by atoms with Crippen molar-refractivity contribution in [3.63, 3.8) is 0 Å². The summed E-state index contributed by atoms with van der Waals surface area (Å²) < 4.78 is 26.2. The van der Waals surface area contributed by atoms with Crippen molar-refractivity contribution in [2.45, 2.75) is 13.3 Å². The highest BCUT2D eigenvalue weighted by Gasteiger charge is 2.09. The second kappa shape index (κ2) is 8.80. The summed E-state index contributed by atoms with van der Waals surface area (Å²) in [6.07, 6.45) is 1.52. The van der Waals surface area contributed by atoms with Crippen LogP contribution in [0.2, 0.25) is 5.02 Å². The molecule has 0 aromatic heterocycles. The Morgan fingerprint density at radius 1 is 1.16 bits per heavy atom. The van der Waals surface area contributed by atoms with Crippen molar-refractivity contribution < 1.29 is 13.2 Å². The van der Waals surface area contributed by atoms with Gasteiger partial charge in [0.15, 0.2) is 0 Å². The van der Waals surface area contributed by atoms with Gasteiger partial charge in [-0.3, -0.25) is 4.79 Å². The molecule has 1 amide bonds. The van der Waals surface area contributed by atoms with Crippen molar-refractivity contribution in [2.75, 3.05) is 11.9 Å². The van der Waals surface area contributed by atoms with E-state index in [2.05, 4.69) is 10.0 Å². The second-order valence-corrected chi connectivity index (χ2v) is 7.50. The van der Waals surface area contributed by atoms with Crippen LogP contribution >= 0.6 is 11.6 Å². The molecule has 2 aromatic carbocycles. The van der Waals surface area contributed by atoms with Crippen molar-refractivity contribution in [1.29, 1.82) is 0 Å². The molecule has 5 nitrogen and oxygen atoms in total.